The molecule has 5 nitrogen and oxygen atoms in total. The lowest BCUT2D eigenvalue weighted by Crippen LogP contribution is -2.37. The Kier molecular flexibility index (Phi) is 5.79. The average Bonchev–Trinajstić information content (AvgIpc) is 2.89. The molecular weight excluding hydrogens is 266 g/mol. The number of nitrogens with one attached hydrogen (secondary N) is 2. The van der Waals surface area contributed by atoms with Gasteiger partial charge in [0.15, 0.2) is 0 Å². The Labute approximate surface area is 118 Å². The highest BCUT2D eigenvalue weighted by Crippen LogP contribution is 2.06. The van der Waals surface area contributed by atoms with E-state index in [2.05, 4.69) is 10.6 Å². The van der Waals surface area contributed by atoms with Gasteiger partial charge in [-0.25, -0.2) is 0 Å². The van der Waals surface area contributed by atoms with Crippen molar-refractivity contribution in [3.05, 3.63) is 35.4 Å². The zero-order valence-electron chi connectivity index (χ0n) is 10.5. The predicted octanol–water partition coefficient (Wildman–Crippen LogP) is 0.689. The first-order valence-corrected chi connectivity index (χ1v) is 6.08. The highest BCUT2D eigenvalue weighted by molar-refractivity contribution is 5.97. The lowest BCUT2D eigenvalue weighted by Gasteiger charge is -2.11. The third-order valence-electron chi connectivity index (χ3n) is 3.10. The molecule has 19 heavy (non-hydrogen) atoms. The molecule has 2 amide bonds. The van der Waals surface area contributed by atoms with Gasteiger partial charge in [0.2, 0.25) is 5.91 Å². The van der Waals surface area contributed by atoms with Crippen molar-refractivity contribution in [3.8, 4) is 0 Å². The van der Waals surface area contributed by atoms with Gasteiger partial charge in [-0.05, 0) is 43.7 Å². The van der Waals surface area contributed by atoms with Crippen molar-refractivity contribution >= 4 is 24.2 Å². The number of amides is 2. The van der Waals surface area contributed by atoms with Gasteiger partial charge >= 0.3 is 0 Å². The smallest absolute Gasteiger partial charge is 0.251 e. The molecule has 1 saturated heterocycles. The summed E-state index contributed by atoms with van der Waals surface area (Å²) < 4.78 is 0. The van der Waals surface area contributed by atoms with Crippen LogP contribution in [-0.2, 0) is 0 Å². The molecule has 1 atom stereocenters. The minimum atomic E-state index is -0.489. The second kappa shape index (κ2) is 7.11. The van der Waals surface area contributed by atoms with E-state index in [1.807, 2.05) is 0 Å². The van der Waals surface area contributed by atoms with Gasteiger partial charge in [-0.15, -0.1) is 12.4 Å². The fourth-order valence-corrected chi connectivity index (χ4v) is 2.03. The Morgan fingerprint density at radius 3 is 2.42 bits per heavy atom. The van der Waals surface area contributed by atoms with Crippen LogP contribution in [-0.4, -0.2) is 30.9 Å². The second-order valence-electron chi connectivity index (χ2n) is 4.44. The van der Waals surface area contributed by atoms with E-state index in [1.54, 1.807) is 24.3 Å². The van der Waals surface area contributed by atoms with Crippen LogP contribution in [0.1, 0.15) is 33.6 Å². The summed E-state index contributed by atoms with van der Waals surface area (Å²) in [6.07, 6.45) is 2.26. The van der Waals surface area contributed by atoms with Crippen LogP contribution in [0.25, 0.3) is 0 Å². The number of primary amides is 1. The third-order valence-corrected chi connectivity index (χ3v) is 3.10. The number of nitrogens with two attached hydrogens (primary N) is 1. The van der Waals surface area contributed by atoms with Gasteiger partial charge in [-0.1, -0.05) is 0 Å². The molecule has 1 unspecified atom stereocenters. The first-order valence-electron chi connectivity index (χ1n) is 6.08. The normalized spacial score (nSPS) is 17.6. The topological polar surface area (TPSA) is 84.2 Å². The molecule has 104 valence electrons. The van der Waals surface area contributed by atoms with E-state index in [1.165, 1.54) is 0 Å². The lowest BCUT2D eigenvalue weighted by atomic mass is 10.1. The molecule has 0 aliphatic carbocycles. The van der Waals surface area contributed by atoms with Crippen molar-refractivity contribution in [3.63, 3.8) is 0 Å². The van der Waals surface area contributed by atoms with Crippen molar-refractivity contribution in [2.45, 2.75) is 18.9 Å². The maximum Gasteiger partial charge on any atom is 0.251 e. The van der Waals surface area contributed by atoms with E-state index in [0.717, 1.165) is 19.4 Å². The van der Waals surface area contributed by atoms with Crippen LogP contribution >= 0.6 is 12.4 Å². The fraction of sp³-hybridized carbons (Fsp3) is 0.385. The molecule has 2 rings (SSSR count). The molecule has 1 aliphatic rings. The van der Waals surface area contributed by atoms with Gasteiger partial charge in [-0.3, -0.25) is 9.59 Å². The summed E-state index contributed by atoms with van der Waals surface area (Å²) in [5, 5.41) is 6.18. The number of halogens is 1. The van der Waals surface area contributed by atoms with Crippen molar-refractivity contribution in [1.82, 2.24) is 10.6 Å². The van der Waals surface area contributed by atoms with Gasteiger partial charge in [0.25, 0.3) is 5.91 Å². The zero-order valence-corrected chi connectivity index (χ0v) is 11.3. The molecule has 1 fully saturated rings. The van der Waals surface area contributed by atoms with Gasteiger partial charge in [0.1, 0.15) is 0 Å². The zero-order chi connectivity index (χ0) is 13.0. The lowest BCUT2D eigenvalue weighted by molar-refractivity contribution is 0.0947. The standard InChI is InChI=1S/C13H17N3O2.ClH/c14-12(17)9-3-5-10(6-4-9)13(18)16-8-11-2-1-7-15-11;/h3-6,11,15H,1-2,7-8H2,(H2,14,17)(H,16,18);1H. The molecule has 4 N–H and O–H groups in total. The van der Waals surface area contributed by atoms with E-state index in [9.17, 15) is 9.59 Å². The summed E-state index contributed by atoms with van der Waals surface area (Å²) in [6, 6.07) is 6.71. The molecule has 1 aromatic carbocycles. The number of hydrogen-bond acceptors (Lipinski definition) is 3. The van der Waals surface area contributed by atoms with Crippen LogP contribution < -0.4 is 16.4 Å². The Morgan fingerprint density at radius 2 is 1.89 bits per heavy atom. The van der Waals surface area contributed by atoms with Crippen LogP contribution in [0.4, 0.5) is 0 Å². The van der Waals surface area contributed by atoms with Crippen molar-refractivity contribution in [2.24, 2.45) is 5.73 Å². The predicted molar refractivity (Wildman–Crippen MR) is 75.6 cm³/mol. The van der Waals surface area contributed by atoms with Gasteiger partial charge < -0.3 is 16.4 Å². The molecule has 1 heterocycles. The van der Waals surface area contributed by atoms with Gasteiger partial charge in [0, 0.05) is 23.7 Å². The fourth-order valence-electron chi connectivity index (χ4n) is 2.03. The summed E-state index contributed by atoms with van der Waals surface area (Å²) in [5.74, 6) is -0.614. The van der Waals surface area contributed by atoms with Crippen molar-refractivity contribution in [1.29, 1.82) is 0 Å². The Hall–Kier alpha value is -1.59. The van der Waals surface area contributed by atoms with E-state index in [-0.39, 0.29) is 18.3 Å². The molecule has 1 aliphatic heterocycles. The largest absolute Gasteiger partial charge is 0.366 e. The minimum Gasteiger partial charge on any atom is -0.366 e. The Bertz CT molecular complexity index is 442. The third kappa shape index (κ3) is 4.22. The minimum absolute atomic E-state index is 0. The van der Waals surface area contributed by atoms with E-state index < -0.39 is 5.91 Å². The van der Waals surface area contributed by atoms with Crippen molar-refractivity contribution in [2.75, 3.05) is 13.1 Å². The molecule has 0 bridgehead atoms. The summed E-state index contributed by atoms with van der Waals surface area (Å²) in [5.41, 5.74) is 6.08. The summed E-state index contributed by atoms with van der Waals surface area (Å²) in [4.78, 5) is 22.7. The molecule has 0 spiro atoms. The van der Waals surface area contributed by atoms with Crippen LogP contribution in [0.2, 0.25) is 0 Å². The monoisotopic (exact) mass is 283 g/mol. The SMILES string of the molecule is Cl.NC(=O)c1ccc(C(=O)NCC2CCCN2)cc1. The van der Waals surface area contributed by atoms with Crippen LogP contribution in [0.15, 0.2) is 24.3 Å². The van der Waals surface area contributed by atoms with Crippen LogP contribution in [0.3, 0.4) is 0 Å². The Morgan fingerprint density at radius 1 is 1.26 bits per heavy atom. The number of carbonyl (C=O) groups is 2. The van der Waals surface area contributed by atoms with Crippen molar-refractivity contribution < 1.29 is 9.59 Å². The molecule has 6 heteroatoms. The summed E-state index contributed by atoms with van der Waals surface area (Å²) in [7, 11) is 0. The number of hydrogen-bond donors (Lipinski definition) is 3. The van der Waals surface area contributed by atoms with Gasteiger partial charge in [-0.2, -0.15) is 0 Å². The maximum absolute atomic E-state index is 11.8. The number of benzene rings is 1. The average molecular weight is 284 g/mol. The highest BCUT2D eigenvalue weighted by Gasteiger charge is 2.15. The first-order chi connectivity index (χ1) is 8.66. The number of rotatable bonds is 4. The summed E-state index contributed by atoms with van der Waals surface area (Å²) >= 11 is 0. The quantitative estimate of drug-likeness (QED) is 0.760. The first kappa shape index (κ1) is 15.5. The van der Waals surface area contributed by atoms with E-state index in [4.69, 9.17) is 5.73 Å². The van der Waals surface area contributed by atoms with E-state index in [0.29, 0.717) is 23.7 Å². The molecule has 0 radical (unpaired) electrons. The van der Waals surface area contributed by atoms with Crippen LogP contribution in [0.5, 0.6) is 0 Å². The highest BCUT2D eigenvalue weighted by atomic mass is 35.5. The summed E-state index contributed by atoms with van der Waals surface area (Å²) in [6.45, 7) is 1.66. The number of carbonyl (C=O) groups excluding carboxylic acids is 2. The molecule has 0 aromatic heterocycles. The molecular formula is C13H18ClN3O2. The molecule has 0 saturated carbocycles. The Balaban J connectivity index is 0.00000180. The maximum atomic E-state index is 11.8. The van der Waals surface area contributed by atoms with Crippen LogP contribution in [0, 0.1) is 0 Å². The van der Waals surface area contributed by atoms with Gasteiger partial charge in [0.05, 0.1) is 0 Å². The van der Waals surface area contributed by atoms with E-state index >= 15 is 0 Å². The second-order valence-corrected chi connectivity index (χ2v) is 4.44. The molecule has 1 aromatic rings.